The minimum Gasteiger partial charge on any atom is -0.317 e. The zero-order valence-corrected chi connectivity index (χ0v) is 14.8. The van der Waals surface area contributed by atoms with Gasteiger partial charge in [-0.05, 0) is 67.0 Å². The molecular weight excluding hydrogens is 286 g/mol. The molecule has 3 unspecified atom stereocenters. The molecule has 1 aromatic heterocycles. The Kier molecular flexibility index (Phi) is 5.56. The van der Waals surface area contributed by atoms with Crippen molar-refractivity contribution in [1.29, 1.82) is 0 Å². The smallest absolute Gasteiger partial charge is 0.0547 e. The zero-order valence-electron chi connectivity index (χ0n) is 13.2. The number of rotatable bonds is 4. The highest BCUT2D eigenvalue weighted by molar-refractivity contribution is 7.10. The maximum Gasteiger partial charge on any atom is 0.0547 e. The fraction of sp³-hybridized carbons (Fsp3) is 0.765. The lowest BCUT2D eigenvalue weighted by Crippen LogP contribution is -2.35. The van der Waals surface area contributed by atoms with Gasteiger partial charge in [-0.15, -0.1) is 11.3 Å². The quantitative estimate of drug-likeness (QED) is 0.767. The minimum atomic E-state index is 0.408. The molecule has 0 aromatic carbocycles. The van der Waals surface area contributed by atoms with Crippen LogP contribution in [0.5, 0.6) is 0 Å². The maximum absolute atomic E-state index is 6.42. The summed E-state index contributed by atoms with van der Waals surface area (Å²) in [6.45, 7) is 11.5. The lowest BCUT2D eigenvalue weighted by molar-refractivity contribution is 0.131. The molecule has 1 saturated carbocycles. The van der Waals surface area contributed by atoms with Gasteiger partial charge in [0.15, 0.2) is 0 Å². The van der Waals surface area contributed by atoms with Crippen LogP contribution in [0.4, 0.5) is 0 Å². The van der Waals surface area contributed by atoms with Crippen LogP contribution < -0.4 is 5.32 Å². The van der Waals surface area contributed by atoms with Crippen LogP contribution in [-0.4, -0.2) is 13.1 Å². The summed E-state index contributed by atoms with van der Waals surface area (Å²) in [5.41, 5.74) is 0.408. The van der Waals surface area contributed by atoms with Gasteiger partial charge in [-0.25, -0.2) is 0 Å². The maximum atomic E-state index is 6.42. The lowest BCUT2D eigenvalue weighted by atomic mass is 9.65. The molecule has 1 fully saturated rings. The fourth-order valence-corrected chi connectivity index (χ4v) is 4.89. The second kappa shape index (κ2) is 6.81. The van der Waals surface area contributed by atoms with Crippen LogP contribution in [-0.2, 0) is 0 Å². The fourth-order valence-electron chi connectivity index (χ4n) is 3.49. The Bertz CT molecular complexity index is 421. The molecule has 1 aliphatic rings. The molecule has 3 heteroatoms. The second-order valence-corrected chi connectivity index (χ2v) is 8.54. The molecule has 3 atom stereocenters. The normalized spacial score (nSPS) is 27.8. The molecule has 114 valence electrons. The second-order valence-electron chi connectivity index (χ2n) is 7.18. The average molecular weight is 314 g/mol. The molecule has 0 saturated heterocycles. The first-order valence-electron chi connectivity index (χ1n) is 7.87. The lowest BCUT2D eigenvalue weighted by Gasteiger charge is -2.42. The Balaban J connectivity index is 2.17. The molecule has 1 aliphatic carbocycles. The number of hydrogen-bond acceptors (Lipinski definition) is 2. The van der Waals surface area contributed by atoms with Gasteiger partial charge in [0.1, 0.15) is 0 Å². The first-order valence-corrected chi connectivity index (χ1v) is 9.12. The van der Waals surface area contributed by atoms with Crippen molar-refractivity contribution in [3.63, 3.8) is 0 Å². The molecule has 1 heterocycles. The molecule has 0 bridgehead atoms. The third-order valence-electron chi connectivity index (χ3n) is 4.86. The summed E-state index contributed by atoms with van der Waals surface area (Å²) in [6.07, 6.45) is 3.98. The monoisotopic (exact) mass is 313 g/mol. The predicted octanol–water partition coefficient (Wildman–Crippen LogP) is 5.56. The van der Waals surface area contributed by atoms with E-state index in [1.165, 1.54) is 24.1 Å². The van der Waals surface area contributed by atoms with Gasteiger partial charge in [-0.2, -0.15) is 0 Å². The number of thiophene rings is 1. The van der Waals surface area contributed by atoms with Crippen molar-refractivity contribution in [1.82, 2.24) is 5.32 Å². The number of nitrogens with one attached hydrogen (secondary N) is 1. The molecule has 1 N–H and O–H groups in total. The van der Waals surface area contributed by atoms with E-state index in [9.17, 15) is 0 Å². The Morgan fingerprint density at radius 3 is 2.65 bits per heavy atom. The average Bonchev–Trinajstić information content (AvgIpc) is 2.81. The van der Waals surface area contributed by atoms with E-state index in [1.54, 1.807) is 0 Å². The summed E-state index contributed by atoms with van der Waals surface area (Å²) >= 11 is 8.27. The van der Waals surface area contributed by atoms with Gasteiger partial charge in [-0.3, -0.25) is 0 Å². The highest BCUT2D eigenvalue weighted by Crippen LogP contribution is 2.49. The molecule has 0 amide bonds. The van der Waals surface area contributed by atoms with E-state index in [-0.39, 0.29) is 0 Å². The van der Waals surface area contributed by atoms with Gasteiger partial charge in [-0.1, -0.05) is 39.3 Å². The van der Waals surface area contributed by atoms with Gasteiger partial charge in [0.05, 0.1) is 5.02 Å². The summed E-state index contributed by atoms with van der Waals surface area (Å²) in [4.78, 5) is 1.42. The molecule has 2 rings (SSSR count). The van der Waals surface area contributed by atoms with Crippen LogP contribution in [0.25, 0.3) is 0 Å². The Morgan fingerprint density at radius 1 is 1.35 bits per heavy atom. The topological polar surface area (TPSA) is 12.0 Å². The Hall–Kier alpha value is -0.0500. The highest BCUT2D eigenvalue weighted by Gasteiger charge is 2.37. The minimum absolute atomic E-state index is 0.408. The summed E-state index contributed by atoms with van der Waals surface area (Å²) < 4.78 is 0. The molecular formula is C17H28ClNS. The van der Waals surface area contributed by atoms with Crippen molar-refractivity contribution in [2.75, 3.05) is 13.1 Å². The van der Waals surface area contributed by atoms with Gasteiger partial charge in [0.2, 0.25) is 0 Å². The summed E-state index contributed by atoms with van der Waals surface area (Å²) in [5.74, 6) is 2.19. The van der Waals surface area contributed by atoms with E-state index < -0.39 is 0 Å². The highest BCUT2D eigenvalue weighted by atomic mass is 35.5. The van der Waals surface area contributed by atoms with E-state index in [4.69, 9.17) is 11.6 Å². The first kappa shape index (κ1) is 16.3. The van der Waals surface area contributed by atoms with Crippen molar-refractivity contribution in [2.45, 2.75) is 52.9 Å². The molecule has 0 aliphatic heterocycles. The predicted molar refractivity (Wildman–Crippen MR) is 90.9 cm³/mol. The summed E-state index contributed by atoms with van der Waals surface area (Å²) in [7, 11) is 0. The van der Waals surface area contributed by atoms with Gasteiger partial charge in [0, 0.05) is 4.88 Å². The summed E-state index contributed by atoms with van der Waals surface area (Å²) in [5, 5.41) is 6.67. The van der Waals surface area contributed by atoms with Crippen molar-refractivity contribution in [2.24, 2.45) is 17.3 Å². The zero-order chi connectivity index (χ0) is 14.8. The first-order chi connectivity index (χ1) is 9.43. The van der Waals surface area contributed by atoms with Crippen LogP contribution in [0.1, 0.15) is 57.8 Å². The van der Waals surface area contributed by atoms with Crippen LogP contribution in [0, 0.1) is 17.3 Å². The Labute approximate surface area is 133 Å². The molecule has 1 nitrogen and oxygen atoms in total. The van der Waals surface area contributed by atoms with E-state index in [0.29, 0.717) is 11.3 Å². The van der Waals surface area contributed by atoms with Gasteiger partial charge >= 0.3 is 0 Å². The van der Waals surface area contributed by atoms with Crippen LogP contribution >= 0.6 is 22.9 Å². The van der Waals surface area contributed by atoms with Crippen molar-refractivity contribution in [3.05, 3.63) is 21.3 Å². The van der Waals surface area contributed by atoms with Gasteiger partial charge in [0.25, 0.3) is 0 Å². The Morgan fingerprint density at radius 2 is 2.10 bits per heavy atom. The van der Waals surface area contributed by atoms with E-state index in [1.807, 2.05) is 11.3 Å². The van der Waals surface area contributed by atoms with Crippen molar-refractivity contribution in [3.8, 4) is 0 Å². The molecule has 0 radical (unpaired) electrons. The van der Waals surface area contributed by atoms with Gasteiger partial charge < -0.3 is 5.32 Å². The number of hydrogen-bond donors (Lipinski definition) is 1. The van der Waals surface area contributed by atoms with Crippen LogP contribution in [0.2, 0.25) is 5.02 Å². The third kappa shape index (κ3) is 3.78. The largest absolute Gasteiger partial charge is 0.317 e. The molecule has 20 heavy (non-hydrogen) atoms. The van der Waals surface area contributed by atoms with Crippen molar-refractivity contribution >= 4 is 22.9 Å². The molecule has 1 aromatic rings. The summed E-state index contributed by atoms with van der Waals surface area (Å²) in [6, 6.07) is 2.06. The van der Waals surface area contributed by atoms with Crippen LogP contribution in [0.3, 0.4) is 0 Å². The van der Waals surface area contributed by atoms with E-state index in [0.717, 1.165) is 29.9 Å². The van der Waals surface area contributed by atoms with E-state index >= 15 is 0 Å². The number of halogens is 1. The van der Waals surface area contributed by atoms with Crippen LogP contribution in [0.15, 0.2) is 11.4 Å². The SMILES string of the molecule is CCNCC1CCC(C(C)(C)C)CC1c1sccc1Cl. The van der Waals surface area contributed by atoms with Crippen molar-refractivity contribution < 1.29 is 0 Å². The standard InChI is InChI=1S/C17H28ClNS/c1-5-19-11-12-6-7-13(17(2,3)4)10-14(12)16-15(18)8-9-20-16/h8-9,12-14,19H,5-7,10-11H2,1-4H3. The molecule has 0 spiro atoms. The third-order valence-corrected chi connectivity index (χ3v) is 6.35. The van der Waals surface area contributed by atoms with E-state index in [2.05, 4.69) is 44.5 Å².